The van der Waals surface area contributed by atoms with E-state index in [1.807, 2.05) is 49.5 Å². The van der Waals surface area contributed by atoms with Gasteiger partial charge in [-0.2, -0.15) is 0 Å². The lowest BCUT2D eigenvalue weighted by molar-refractivity contribution is -0.122. The molecule has 4 aromatic rings. The summed E-state index contributed by atoms with van der Waals surface area (Å²) in [5, 5.41) is 1.05. The normalized spacial score (nSPS) is 15.7. The third kappa shape index (κ3) is 4.33. The Bertz CT molecular complexity index is 1410. The smallest absolute Gasteiger partial charge is 0.257 e. The molecule has 0 spiro atoms. The molecule has 1 saturated heterocycles. The zero-order valence-electron chi connectivity index (χ0n) is 19.2. The molecule has 0 saturated carbocycles. The highest BCUT2D eigenvalue weighted by Gasteiger charge is 2.44. The van der Waals surface area contributed by atoms with Gasteiger partial charge >= 0.3 is 0 Å². The molecule has 1 unspecified atom stereocenters. The van der Waals surface area contributed by atoms with Gasteiger partial charge in [0.25, 0.3) is 11.8 Å². The number of aromatic amines is 1. The molecule has 2 heterocycles. The van der Waals surface area contributed by atoms with Gasteiger partial charge in [-0.25, -0.2) is 9.29 Å². The van der Waals surface area contributed by atoms with Crippen LogP contribution in [0.5, 0.6) is 0 Å². The van der Waals surface area contributed by atoms with Crippen molar-refractivity contribution in [3.05, 3.63) is 102 Å². The van der Waals surface area contributed by atoms with E-state index in [9.17, 15) is 18.8 Å². The fraction of sp³-hybridized carbons (Fsp3) is 0.179. The topological polar surface area (TPSA) is 73.5 Å². The van der Waals surface area contributed by atoms with Gasteiger partial charge < -0.3 is 9.88 Å². The number of rotatable bonds is 6. The number of H-pyrrole nitrogens is 1. The lowest BCUT2D eigenvalue weighted by atomic mass is 10.1. The second-order valence-corrected chi connectivity index (χ2v) is 8.74. The third-order valence-electron chi connectivity index (χ3n) is 6.44. The highest BCUT2D eigenvalue weighted by molar-refractivity contribution is 6.23. The molecule has 5 rings (SSSR count). The minimum Gasteiger partial charge on any atom is -0.361 e. The Balaban J connectivity index is 1.46. The van der Waals surface area contributed by atoms with Crippen LogP contribution in [0, 0.1) is 12.7 Å². The van der Waals surface area contributed by atoms with Gasteiger partial charge in [-0.15, -0.1) is 0 Å². The minimum absolute atomic E-state index is 0.123. The van der Waals surface area contributed by atoms with Crippen LogP contribution in [0.3, 0.4) is 0 Å². The van der Waals surface area contributed by atoms with E-state index in [1.54, 1.807) is 12.1 Å². The fourth-order valence-electron chi connectivity index (χ4n) is 4.56. The maximum Gasteiger partial charge on any atom is 0.257 e. The molecule has 1 aromatic heterocycles. The predicted octanol–water partition coefficient (Wildman–Crippen LogP) is 4.63. The van der Waals surface area contributed by atoms with Gasteiger partial charge in [-0.1, -0.05) is 35.9 Å². The summed E-state index contributed by atoms with van der Waals surface area (Å²) in [7, 11) is 0. The Morgan fingerprint density at radius 1 is 1.03 bits per heavy atom. The van der Waals surface area contributed by atoms with E-state index in [0.29, 0.717) is 17.7 Å². The van der Waals surface area contributed by atoms with Crippen LogP contribution in [0.1, 0.15) is 27.9 Å². The summed E-state index contributed by atoms with van der Waals surface area (Å²) in [6.07, 6.45) is 2.30. The van der Waals surface area contributed by atoms with Gasteiger partial charge in [0.15, 0.2) is 0 Å². The van der Waals surface area contributed by atoms with Gasteiger partial charge in [-0.05, 0) is 61.4 Å². The molecule has 176 valence electrons. The monoisotopic (exact) mass is 469 g/mol. The predicted molar refractivity (Wildman–Crippen MR) is 132 cm³/mol. The zero-order valence-corrected chi connectivity index (χ0v) is 19.2. The lowest BCUT2D eigenvalue weighted by Crippen LogP contribution is -2.46. The average molecular weight is 470 g/mol. The van der Waals surface area contributed by atoms with Crippen molar-refractivity contribution in [1.29, 1.82) is 0 Å². The molecular formula is C28H24FN3O3. The van der Waals surface area contributed by atoms with Crippen LogP contribution in [-0.4, -0.2) is 40.2 Å². The Kier molecular flexibility index (Phi) is 5.91. The summed E-state index contributed by atoms with van der Waals surface area (Å²) < 4.78 is 13.4. The van der Waals surface area contributed by atoms with Crippen molar-refractivity contribution in [2.24, 2.45) is 0 Å². The Hall–Kier alpha value is -4.26. The molecule has 1 N–H and O–H groups in total. The summed E-state index contributed by atoms with van der Waals surface area (Å²) >= 11 is 0. The molecule has 35 heavy (non-hydrogen) atoms. The van der Waals surface area contributed by atoms with Crippen LogP contribution in [0.4, 0.5) is 10.1 Å². The summed E-state index contributed by atoms with van der Waals surface area (Å²) in [6, 6.07) is 19.3. The Morgan fingerprint density at radius 2 is 1.74 bits per heavy atom. The molecule has 1 fully saturated rings. The minimum atomic E-state index is -0.938. The zero-order chi connectivity index (χ0) is 24.5. The number of para-hydroxylation sites is 1. The Morgan fingerprint density at radius 3 is 2.49 bits per heavy atom. The fourth-order valence-corrected chi connectivity index (χ4v) is 4.56. The van der Waals surface area contributed by atoms with Crippen molar-refractivity contribution in [2.45, 2.75) is 25.8 Å². The maximum atomic E-state index is 13.6. The van der Waals surface area contributed by atoms with Crippen molar-refractivity contribution < 1.29 is 18.8 Å². The first-order chi connectivity index (χ1) is 16.9. The molecule has 0 aliphatic carbocycles. The van der Waals surface area contributed by atoms with E-state index in [2.05, 4.69) is 4.98 Å². The van der Waals surface area contributed by atoms with E-state index in [0.717, 1.165) is 26.9 Å². The standard InChI is InChI=1S/C28H24FN3O3/c1-18-6-8-19(9-7-18)27(34)31(15-14-20-17-30-24-5-3-2-4-23(20)24)25-16-26(33)32(28(25)35)22-12-10-21(29)11-13-22/h2-13,17,25,30H,14-16H2,1H3. The number of anilines is 1. The second kappa shape index (κ2) is 9.18. The maximum absolute atomic E-state index is 13.6. The molecule has 3 amide bonds. The number of nitrogens with one attached hydrogen (secondary N) is 1. The van der Waals surface area contributed by atoms with E-state index >= 15 is 0 Å². The van der Waals surface area contributed by atoms with Crippen molar-refractivity contribution in [3.63, 3.8) is 0 Å². The van der Waals surface area contributed by atoms with Crippen molar-refractivity contribution in [2.75, 3.05) is 11.4 Å². The lowest BCUT2D eigenvalue weighted by Gasteiger charge is -2.28. The van der Waals surface area contributed by atoms with Crippen molar-refractivity contribution >= 4 is 34.3 Å². The number of amides is 3. The molecule has 3 aromatic carbocycles. The van der Waals surface area contributed by atoms with Crippen LogP contribution in [-0.2, 0) is 16.0 Å². The van der Waals surface area contributed by atoms with Crippen molar-refractivity contribution in [1.82, 2.24) is 9.88 Å². The number of imide groups is 1. The molecule has 6 nitrogen and oxygen atoms in total. The van der Waals surface area contributed by atoms with Crippen LogP contribution >= 0.6 is 0 Å². The highest BCUT2D eigenvalue weighted by Crippen LogP contribution is 2.28. The number of hydrogen-bond acceptors (Lipinski definition) is 3. The number of fused-ring (bicyclic) bond motifs is 1. The second-order valence-electron chi connectivity index (χ2n) is 8.74. The quantitative estimate of drug-likeness (QED) is 0.419. The molecule has 0 bridgehead atoms. The molecule has 1 atom stereocenters. The summed E-state index contributed by atoms with van der Waals surface area (Å²) in [6.45, 7) is 2.19. The molecule has 0 radical (unpaired) electrons. The third-order valence-corrected chi connectivity index (χ3v) is 6.44. The average Bonchev–Trinajstić information content (AvgIpc) is 3.40. The van der Waals surface area contributed by atoms with Crippen LogP contribution in [0.2, 0.25) is 0 Å². The van der Waals surface area contributed by atoms with Gasteiger partial charge in [0.05, 0.1) is 12.1 Å². The van der Waals surface area contributed by atoms with Crippen LogP contribution in [0.15, 0.2) is 79.0 Å². The first kappa shape index (κ1) is 22.5. The van der Waals surface area contributed by atoms with Gasteiger partial charge in [0.2, 0.25) is 5.91 Å². The SMILES string of the molecule is Cc1ccc(C(=O)N(CCc2c[nH]c3ccccc23)C2CC(=O)N(c3ccc(F)cc3)C2=O)cc1. The summed E-state index contributed by atoms with van der Waals surface area (Å²) in [5.74, 6) is -1.67. The first-order valence-corrected chi connectivity index (χ1v) is 11.5. The number of carbonyl (C=O) groups is 3. The molecular weight excluding hydrogens is 445 g/mol. The van der Waals surface area contributed by atoms with Crippen LogP contribution in [0.25, 0.3) is 10.9 Å². The number of nitrogens with zero attached hydrogens (tertiary/aromatic N) is 2. The van der Waals surface area contributed by atoms with Crippen LogP contribution < -0.4 is 4.90 Å². The largest absolute Gasteiger partial charge is 0.361 e. The van der Waals surface area contributed by atoms with Gasteiger partial charge in [-0.3, -0.25) is 14.4 Å². The van der Waals surface area contributed by atoms with E-state index in [1.165, 1.54) is 29.2 Å². The Labute approximate surface area is 202 Å². The van der Waals surface area contributed by atoms with Gasteiger partial charge in [0, 0.05) is 29.2 Å². The number of benzene rings is 3. The molecule has 1 aliphatic rings. The first-order valence-electron chi connectivity index (χ1n) is 11.5. The van der Waals surface area contributed by atoms with Crippen molar-refractivity contribution in [3.8, 4) is 0 Å². The van der Waals surface area contributed by atoms with Gasteiger partial charge in [0.1, 0.15) is 11.9 Å². The summed E-state index contributed by atoms with van der Waals surface area (Å²) in [5.41, 5.74) is 3.78. The summed E-state index contributed by atoms with van der Waals surface area (Å²) in [4.78, 5) is 45.7. The number of carbonyl (C=O) groups excluding carboxylic acids is 3. The number of aromatic nitrogens is 1. The van der Waals surface area contributed by atoms with E-state index < -0.39 is 23.7 Å². The van der Waals surface area contributed by atoms with E-state index in [4.69, 9.17) is 0 Å². The highest BCUT2D eigenvalue weighted by atomic mass is 19.1. The number of aryl methyl sites for hydroxylation is 1. The number of halogens is 1. The molecule has 1 aliphatic heterocycles. The van der Waals surface area contributed by atoms with E-state index in [-0.39, 0.29) is 18.9 Å². The number of hydrogen-bond donors (Lipinski definition) is 1. The molecule has 7 heteroatoms.